The van der Waals surface area contributed by atoms with E-state index in [1.165, 1.54) is 0 Å². The van der Waals surface area contributed by atoms with Gasteiger partial charge in [-0.1, -0.05) is 0 Å². The van der Waals surface area contributed by atoms with Crippen molar-refractivity contribution < 1.29 is 14.6 Å². The van der Waals surface area contributed by atoms with Crippen LogP contribution < -0.4 is 5.32 Å². The molecule has 1 aromatic heterocycles. The molecular weight excluding hydrogens is 232 g/mol. The maximum atomic E-state index is 12.0. The summed E-state index contributed by atoms with van der Waals surface area (Å²) in [5.74, 6) is -0.142. The van der Waals surface area contributed by atoms with Crippen LogP contribution in [0.15, 0.2) is 18.3 Å². The fourth-order valence-corrected chi connectivity index (χ4v) is 2.10. The third kappa shape index (κ3) is 2.91. The highest BCUT2D eigenvalue weighted by atomic mass is 16.5. The third-order valence-corrected chi connectivity index (χ3v) is 3.46. The van der Waals surface area contributed by atoms with Crippen LogP contribution in [0.3, 0.4) is 0 Å². The van der Waals surface area contributed by atoms with Gasteiger partial charge in [-0.15, -0.1) is 0 Å². The number of hydrogen-bond donors (Lipinski definition) is 2. The summed E-state index contributed by atoms with van der Waals surface area (Å²) in [6.07, 6.45) is 4.44. The average molecular weight is 252 g/mol. The van der Waals surface area contributed by atoms with Crippen molar-refractivity contribution in [1.82, 2.24) is 9.88 Å². The van der Waals surface area contributed by atoms with Crippen molar-refractivity contribution in [3.63, 3.8) is 0 Å². The standard InChI is InChI=1S/C13H20N2O3/c1-18-9-8-15-7-2-4-11(15)12(16)14-10-13(17)5-3-6-13/h2,4,7,17H,3,5-6,8-10H2,1H3,(H,14,16). The highest BCUT2D eigenvalue weighted by molar-refractivity contribution is 5.92. The van der Waals surface area contributed by atoms with Crippen molar-refractivity contribution in [3.8, 4) is 0 Å². The molecule has 0 saturated heterocycles. The zero-order valence-corrected chi connectivity index (χ0v) is 10.7. The van der Waals surface area contributed by atoms with Gasteiger partial charge in [0.2, 0.25) is 0 Å². The van der Waals surface area contributed by atoms with Crippen LogP contribution in [0.1, 0.15) is 29.8 Å². The molecule has 0 spiro atoms. The molecule has 0 aliphatic heterocycles. The van der Waals surface area contributed by atoms with Crippen molar-refractivity contribution >= 4 is 5.91 Å². The Morgan fingerprint density at radius 1 is 1.61 bits per heavy atom. The SMILES string of the molecule is COCCn1cccc1C(=O)NCC1(O)CCC1. The number of hydrogen-bond acceptors (Lipinski definition) is 3. The summed E-state index contributed by atoms with van der Waals surface area (Å²) in [5.41, 5.74) is -0.0745. The van der Waals surface area contributed by atoms with Crippen LogP contribution in [0.5, 0.6) is 0 Å². The first-order chi connectivity index (χ1) is 8.64. The molecule has 1 aliphatic rings. The molecule has 18 heavy (non-hydrogen) atoms. The van der Waals surface area contributed by atoms with Gasteiger partial charge in [-0.25, -0.2) is 0 Å². The second kappa shape index (κ2) is 5.54. The Morgan fingerprint density at radius 2 is 2.39 bits per heavy atom. The molecule has 2 N–H and O–H groups in total. The number of carbonyl (C=O) groups excluding carboxylic acids is 1. The molecule has 1 aliphatic carbocycles. The first kappa shape index (κ1) is 13.1. The van der Waals surface area contributed by atoms with Crippen LogP contribution in [0.25, 0.3) is 0 Å². The van der Waals surface area contributed by atoms with Crippen molar-refractivity contribution in [3.05, 3.63) is 24.0 Å². The Labute approximate surface area is 107 Å². The number of amides is 1. The van der Waals surface area contributed by atoms with E-state index in [-0.39, 0.29) is 5.91 Å². The molecule has 1 saturated carbocycles. The number of rotatable bonds is 6. The van der Waals surface area contributed by atoms with E-state index in [4.69, 9.17) is 4.74 Å². The van der Waals surface area contributed by atoms with E-state index < -0.39 is 5.60 Å². The largest absolute Gasteiger partial charge is 0.388 e. The van der Waals surface area contributed by atoms with Gasteiger partial charge >= 0.3 is 0 Å². The summed E-state index contributed by atoms with van der Waals surface area (Å²) < 4.78 is 6.85. The minimum atomic E-state index is -0.681. The smallest absolute Gasteiger partial charge is 0.268 e. The van der Waals surface area contributed by atoms with E-state index in [1.54, 1.807) is 13.2 Å². The van der Waals surface area contributed by atoms with Gasteiger partial charge in [0, 0.05) is 26.4 Å². The lowest BCUT2D eigenvalue weighted by atomic mass is 9.80. The predicted molar refractivity (Wildman–Crippen MR) is 67.4 cm³/mol. The van der Waals surface area contributed by atoms with Crippen LogP contribution >= 0.6 is 0 Å². The molecule has 5 nitrogen and oxygen atoms in total. The number of carbonyl (C=O) groups is 1. The fraction of sp³-hybridized carbons (Fsp3) is 0.615. The summed E-state index contributed by atoms with van der Waals surface area (Å²) in [7, 11) is 1.63. The second-order valence-corrected chi connectivity index (χ2v) is 4.84. The lowest BCUT2D eigenvalue weighted by Gasteiger charge is -2.36. The molecular formula is C13H20N2O3. The summed E-state index contributed by atoms with van der Waals surface area (Å²) in [4.78, 5) is 12.0. The van der Waals surface area contributed by atoms with Gasteiger partial charge < -0.3 is 19.7 Å². The Morgan fingerprint density at radius 3 is 3.00 bits per heavy atom. The van der Waals surface area contributed by atoms with Gasteiger partial charge in [0.05, 0.1) is 12.2 Å². The predicted octanol–water partition coefficient (Wildman–Crippen LogP) is 0.779. The van der Waals surface area contributed by atoms with Gasteiger partial charge in [0.15, 0.2) is 0 Å². The number of methoxy groups -OCH3 is 1. The van der Waals surface area contributed by atoms with E-state index in [2.05, 4.69) is 5.32 Å². The summed E-state index contributed by atoms with van der Waals surface area (Å²) in [6.45, 7) is 1.55. The van der Waals surface area contributed by atoms with Crippen LogP contribution in [0, 0.1) is 0 Å². The molecule has 0 radical (unpaired) electrons. The molecule has 0 unspecified atom stereocenters. The van der Waals surface area contributed by atoms with E-state index >= 15 is 0 Å². The third-order valence-electron chi connectivity index (χ3n) is 3.46. The lowest BCUT2D eigenvalue weighted by molar-refractivity contribution is -0.0301. The number of aromatic nitrogens is 1. The monoisotopic (exact) mass is 252 g/mol. The average Bonchev–Trinajstić information content (AvgIpc) is 2.79. The van der Waals surface area contributed by atoms with Gasteiger partial charge in [0.1, 0.15) is 5.69 Å². The Kier molecular flexibility index (Phi) is 4.04. The Balaban J connectivity index is 1.89. The number of aliphatic hydroxyl groups is 1. The van der Waals surface area contributed by atoms with Gasteiger partial charge in [-0.3, -0.25) is 4.79 Å². The highest BCUT2D eigenvalue weighted by Gasteiger charge is 2.34. The van der Waals surface area contributed by atoms with Crippen LogP contribution in [-0.2, 0) is 11.3 Å². The van der Waals surface area contributed by atoms with Crippen LogP contribution in [0.4, 0.5) is 0 Å². The van der Waals surface area contributed by atoms with Crippen molar-refractivity contribution in [2.45, 2.75) is 31.4 Å². The van der Waals surface area contributed by atoms with Gasteiger partial charge in [-0.2, -0.15) is 0 Å². The first-order valence-corrected chi connectivity index (χ1v) is 6.29. The van der Waals surface area contributed by atoms with Crippen molar-refractivity contribution in [2.75, 3.05) is 20.3 Å². The zero-order valence-electron chi connectivity index (χ0n) is 10.7. The molecule has 100 valence electrons. The molecule has 2 rings (SSSR count). The van der Waals surface area contributed by atoms with Crippen molar-refractivity contribution in [2.24, 2.45) is 0 Å². The first-order valence-electron chi connectivity index (χ1n) is 6.29. The van der Waals surface area contributed by atoms with E-state index in [0.29, 0.717) is 25.4 Å². The minimum Gasteiger partial charge on any atom is -0.388 e. The highest BCUT2D eigenvalue weighted by Crippen LogP contribution is 2.30. The summed E-state index contributed by atoms with van der Waals surface area (Å²) in [5, 5.41) is 12.7. The van der Waals surface area contributed by atoms with E-state index in [1.807, 2.05) is 16.8 Å². The maximum Gasteiger partial charge on any atom is 0.268 e. The second-order valence-electron chi connectivity index (χ2n) is 4.84. The Hall–Kier alpha value is -1.33. The van der Waals surface area contributed by atoms with Crippen LogP contribution in [-0.4, -0.2) is 41.4 Å². The summed E-state index contributed by atoms with van der Waals surface area (Å²) in [6, 6.07) is 3.61. The molecule has 1 heterocycles. The van der Waals surface area contributed by atoms with Gasteiger partial charge in [0.25, 0.3) is 5.91 Å². The molecule has 5 heteroatoms. The zero-order chi connectivity index (χ0) is 13.0. The molecule has 1 amide bonds. The normalized spacial score (nSPS) is 17.2. The lowest BCUT2D eigenvalue weighted by Crippen LogP contribution is -2.48. The summed E-state index contributed by atoms with van der Waals surface area (Å²) >= 11 is 0. The van der Waals surface area contributed by atoms with Crippen molar-refractivity contribution in [1.29, 1.82) is 0 Å². The maximum absolute atomic E-state index is 12.0. The number of nitrogens with zero attached hydrogens (tertiary/aromatic N) is 1. The molecule has 1 fully saturated rings. The fourth-order valence-electron chi connectivity index (χ4n) is 2.10. The Bertz CT molecular complexity index is 410. The van der Waals surface area contributed by atoms with Gasteiger partial charge in [-0.05, 0) is 31.4 Å². The quantitative estimate of drug-likeness (QED) is 0.786. The molecule has 1 aromatic rings. The van der Waals surface area contributed by atoms with E-state index in [0.717, 1.165) is 19.3 Å². The topological polar surface area (TPSA) is 63.5 Å². The molecule has 0 atom stereocenters. The molecule has 0 aromatic carbocycles. The van der Waals surface area contributed by atoms with Crippen LogP contribution in [0.2, 0.25) is 0 Å². The number of nitrogens with one attached hydrogen (secondary N) is 1. The molecule has 0 bridgehead atoms. The number of ether oxygens (including phenoxy) is 1. The van der Waals surface area contributed by atoms with E-state index in [9.17, 15) is 9.90 Å². The minimum absolute atomic E-state index is 0.142.